The second-order valence-corrected chi connectivity index (χ2v) is 9.44. The van der Waals surface area contributed by atoms with Crippen LogP contribution in [0.3, 0.4) is 0 Å². The molecule has 146 valence electrons. The maximum atomic E-state index is 3.69. The largest absolute Gasteiger partial charge is 0.354 e. The van der Waals surface area contributed by atoms with E-state index >= 15 is 0 Å². The minimum atomic E-state index is 0.853. The van der Waals surface area contributed by atoms with Crippen LogP contribution in [0.15, 0.2) is 54.6 Å². The first-order valence-electron chi connectivity index (χ1n) is 10.9. The molecule has 0 aliphatic carbocycles. The van der Waals surface area contributed by atoms with Crippen molar-refractivity contribution in [2.45, 2.75) is 43.9 Å². The van der Waals surface area contributed by atoms with E-state index in [2.05, 4.69) is 76.2 Å². The van der Waals surface area contributed by atoms with Gasteiger partial charge in [-0.15, -0.1) is 0 Å². The molecule has 0 saturated carbocycles. The molecule has 0 unspecified atom stereocenters. The van der Waals surface area contributed by atoms with Crippen molar-refractivity contribution >= 4 is 22.7 Å². The monoisotopic (exact) mass is 390 g/mol. The predicted octanol–water partition coefficient (Wildman–Crippen LogP) is 6.33. The van der Waals surface area contributed by atoms with Crippen molar-refractivity contribution < 1.29 is 0 Å². The number of fused-ring (bicyclic) bond motifs is 2. The first kappa shape index (κ1) is 18.3. The van der Waals surface area contributed by atoms with E-state index in [1.165, 1.54) is 78.7 Å². The number of thioether (sulfide) groups is 1. The topological polar surface area (TPSA) is 19.0 Å². The Morgan fingerprint density at radius 1 is 0.893 bits per heavy atom. The van der Waals surface area contributed by atoms with Gasteiger partial charge in [-0.2, -0.15) is 11.8 Å². The molecule has 3 aromatic rings. The van der Waals surface area contributed by atoms with Crippen LogP contribution in [0.1, 0.15) is 37.7 Å². The number of benzene rings is 2. The zero-order valence-corrected chi connectivity index (χ0v) is 17.4. The Morgan fingerprint density at radius 3 is 2.64 bits per heavy atom. The number of aromatic nitrogens is 1. The zero-order chi connectivity index (χ0) is 18.8. The van der Waals surface area contributed by atoms with E-state index in [-0.39, 0.29) is 0 Å². The summed E-state index contributed by atoms with van der Waals surface area (Å²) in [4.78, 5) is 6.48. The molecular weight excluding hydrogens is 360 g/mol. The number of aromatic amines is 1. The standard InChI is InChI=1S/C25H30N2S/c1-2-9-19(10-3-1)25-22(21-12-4-5-13-23(21)26-25)18-28-17-20-11-8-16-27-15-7-6-14-24(20)27/h1-5,9-10,12-13,20,24,26H,6-8,11,14-18H2/t20-,24+/m0/s1. The molecule has 1 N–H and O–H groups in total. The van der Waals surface area contributed by atoms with E-state index in [4.69, 9.17) is 0 Å². The molecular formula is C25H30N2S. The van der Waals surface area contributed by atoms with Gasteiger partial charge in [0.2, 0.25) is 0 Å². The van der Waals surface area contributed by atoms with E-state index in [1.54, 1.807) is 0 Å². The van der Waals surface area contributed by atoms with Crippen LogP contribution in [0, 0.1) is 5.92 Å². The van der Waals surface area contributed by atoms with Crippen LogP contribution in [-0.4, -0.2) is 34.8 Å². The van der Waals surface area contributed by atoms with Gasteiger partial charge in [-0.1, -0.05) is 55.0 Å². The third kappa shape index (κ3) is 3.62. The summed E-state index contributed by atoms with van der Waals surface area (Å²) >= 11 is 2.15. The summed E-state index contributed by atoms with van der Waals surface area (Å²) in [6, 6.07) is 20.4. The maximum Gasteiger partial charge on any atom is 0.0505 e. The Labute approximate surface area is 172 Å². The van der Waals surface area contributed by atoms with Crippen molar-refractivity contribution in [2.75, 3.05) is 18.8 Å². The summed E-state index contributed by atoms with van der Waals surface area (Å²) in [7, 11) is 0. The van der Waals surface area contributed by atoms with Gasteiger partial charge in [-0.3, -0.25) is 0 Å². The molecule has 5 rings (SSSR count). The molecule has 2 saturated heterocycles. The van der Waals surface area contributed by atoms with Gasteiger partial charge >= 0.3 is 0 Å². The highest BCUT2D eigenvalue weighted by Gasteiger charge is 2.32. The molecule has 0 radical (unpaired) electrons. The molecule has 2 nitrogen and oxygen atoms in total. The number of nitrogens with zero attached hydrogens (tertiary/aromatic N) is 1. The smallest absolute Gasteiger partial charge is 0.0505 e. The molecule has 0 amide bonds. The van der Waals surface area contributed by atoms with Gasteiger partial charge in [0, 0.05) is 22.7 Å². The van der Waals surface area contributed by atoms with Crippen LogP contribution < -0.4 is 0 Å². The van der Waals surface area contributed by atoms with Crippen LogP contribution >= 0.6 is 11.8 Å². The average molecular weight is 391 g/mol. The van der Waals surface area contributed by atoms with Crippen molar-refractivity contribution in [2.24, 2.45) is 5.92 Å². The number of nitrogens with one attached hydrogen (secondary N) is 1. The number of hydrogen-bond donors (Lipinski definition) is 1. The number of para-hydroxylation sites is 1. The van der Waals surface area contributed by atoms with Gasteiger partial charge in [-0.05, 0) is 67.6 Å². The second-order valence-electron chi connectivity index (χ2n) is 8.41. The Bertz CT molecular complexity index is 915. The van der Waals surface area contributed by atoms with E-state index in [0.717, 1.165) is 17.7 Å². The van der Waals surface area contributed by atoms with Crippen molar-refractivity contribution in [1.29, 1.82) is 0 Å². The van der Waals surface area contributed by atoms with E-state index in [0.29, 0.717) is 0 Å². The number of piperidine rings is 2. The van der Waals surface area contributed by atoms with Crippen LogP contribution in [-0.2, 0) is 5.75 Å². The fourth-order valence-corrected chi connectivity index (χ4v) is 6.60. The summed E-state index contributed by atoms with van der Waals surface area (Å²) in [5.41, 5.74) is 5.33. The average Bonchev–Trinajstić information content (AvgIpc) is 3.13. The highest BCUT2D eigenvalue weighted by atomic mass is 32.2. The van der Waals surface area contributed by atoms with E-state index in [1.807, 2.05) is 0 Å². The van der Waals surface area contributed by atoms with Gasteiger partial charge in [-0.25, -0.2) is 0 Å². The van der Waals surface area contributed by atoms with E-state index < -0.39 is 0 Å². The Balaban J connectivity index is 1.35. The molecule has 1 aromatic heterocycles. The van der Waals surface area contributed by atoms with Gasteiger partial charge < -0.3 is 9.88 Å². The fourth-order valence-electron chi connectivity index (χ4n) is 5.29. The predicted molar refractivity (Wildman–Crippen MR) is 122 cm³/mol. The van der Waals surface area contributed by atoms with Crippen LogP contribution in [0.5, 0.6) is 0 Å². The number of rotatable bonds is 5. The minimum absolute atomic E-state index is 0.853. The van der Waals surface area contributed by atoms with Crippen molar-refractivity contribution in [3.05, 3.63) is 60.2 Å². The van der Waals surface area contributed by atoms with Crippen LogP contribution in [0.4, 0.5) is 0 Å². The number of hydrogen-bond acceptors (Lipinski definition) is 2. The van der Waals surface area contributed by atoms with Gasteiger partial charge in [0.1, 0.15) is 0 Å². The molecule has 2 atom stereocenters. The molecule has 3 heterocycles. The highest BCUT2D eigenvalue weighted by molar-refractivity contribution is 7.98. The molecule has 2 aliphatic rings. The lowest BCUT2D eigenvalue weighted by atomic mass is 9.85. The van der Waals surface area contributed by atoms with Gasteiger partial charge in [0.25, 0.3) is 0 Å². The zero-order valence-electron chi connectivity index (χ0n) is 16.6. The van der Waals surface area contributed by atoms with Crippen LogP contribution in [0.2, 0.25) is 0 Å². The minimum Gasteiger partial charge on any atom is -0.354 e. The Hall–Kier alpha value is -1.71. The lowest BCUT2D eigenvalue weighted by Crippen LogP contribution is -2.48. The SMILES string of the molecule is c1ccc(-c2[nH]c3ccccc3c2CSC[C@@H]2CCCN3CCCC[C@H]23)cc1. The summed E-state index contributed by atoms with van der Waals surface area (Å²) in [6.07, 6.45) is 7.08. The lowest BCUT2D eigenvalue weighted by Gasteiger charge is -2.44. The van der Waals surface area contributed by atoms with Crippen molar-refractivity contribution in [3.8, 4) is 11.3 Å². The fraction of sp³-hybridized carbons (Fsp3) is 0.440. The lowest BCUT2D eigenvalue weighted by molar-refractivity contribution is 0.0693. The number of H-pyrrole nitrogens is 1. The van der Waals surface area contributed by atoms with Crippen molar-refractivity contribution in [3.63, 3.8) is 0 Å². The van der Waals surface area contributed by atoms with Crippen LogP contribution in [0.25, 0.3) is 22.2 Å². The summed E-state index contributed by atoms with van der Waals surface area (Å²) in [5, 5.41) is 1.39. The van der Waals surface area contributed by atoms with Crippen molar-refractivity contribution in [1.82, 2.24) is 9.88 Å². The highest BCUT2D eigenvalue weighted by Crippen LogP contribution is 2.36. The molecule has 2 fully saturated rings. The third-order valence-electron chi connectivity index (χ3n) is 6.68. The summed E-state index contributed by atoms with van der Waals surface area (Å²) in [6.45, 7) is 2.68. The summed E-state index contributed by atoms with van der Waals surface area (Å²) < 4.78 is 0. The van der Waals surface area contributed by atoms with E-state index in [9.17, 15) is 0 Å². The Kier molecular flexibility index (Phi) is 5.46. The second kappa shape index (κ2) is 8.34. The molecule has 2 aromatic carbocycles. The Morgan fingerprint density at radius 2 is 1.71 bits per heavy atom. The van der Waals surface area contributed by atoms with Gasteiger partial charge in [0.15, 0.2) is 0 Å². The first-order valence-corrected chi connectivity index (χ1v) is 12.0. The summed E-state index contributed by atoms with van der Waals surface area (Å²) in [5.74, 6) is 3.27. The first-order chi connectivity index (χ1) is 13.9. The molecule has 28 heavy (non-hydrogen) atoms. The molecule has 2 aliphatic heterocycles. The third-order valence-corrected chi connectivity index (χ3v) is 7.84. The molecule has 0 spiro atoms. The maximum absolute atomic E-state index is 3.69. The van der Waals surface area contributed by atoms with Gasteiger partial charge in [0.05, 0.1) is 5.69 Å². The quantitative estimate of drug-likeness (QED) is 0.549. The molecule has 3 heteroatoms. The normalized spacial score (nSPS) is 23.0. The molecule has 0 bridgehead atoms.